The van der Waals surface area contributed by atoms with Crippen LogP contribution in [0.15, 0.2) is 5.38 Å². The van der Waals surface area contributed by atoms with Gasteiger partial charge in [0.1, 0.15) is 5.54 Å². The fraction of sp³-hybridized carbons (Fsp3) is 0.615. The van der Waals surface area contributed by atoms with E-state index in [-0.39, 0.29) is 18.4 Å². The van der Waals surface area contributed by atoms with Gasteiger partial charge in [0.15, 0.2) is 0 Å². The highest BCUT2D eigenvalue weighted by molar-refractivity contribution is 7.09. The van der Waals surface area contributed by atoms with Crippen LogP contribution in [0.5, 0.6) is 0 Å². The molecular formula is C13H17N3O2S. The van der Waals surface area contributed by atoms with Crippen LogP contribution < -0.4 is 5.32 Å². The van der Waals surface area contributed by atoms with Crippen LogP contribution in [-0.4, -0.2) is 33.8 Å². The zero-order valence-corrected chi connectivity index (χ0v) is 11.8. The highest BCUT2D eigenvalue weighted by Gasteiger charge is 2.50. The van der Waals surface area contributed by atoms with Crippen molar-refractivity contribution in [2.45, 2.75) is 44.7 Å². The van der Waals surface area contributed by atoms with Crippen molar-refractivity contribution >= 4 is 23.2 Å². The molecule has 1 spiro atoms. The molecule has 1 saturated carbocycles. The van der Waals surface area contributed by atoms with E-state index in [0.29, 0.717) is 6.54 Å². The second-order valence-electron chi connectivity index (χ2n) is 5.26. The molecule has 1 aliphatic carbocycles. The number of nitrogens with zero attached hydrogens (tertiary/aromatic N) is 2. The first-order chi connectivity index (χ1) is 9.12. The lowest BCUT2D eigenvalue weighted by Gasteiger charge is -2.43. The van der Waals surface area contributed by atoms with Crippen molar-refractivity contribution in [1.29, 1.82) is 0 Å². The maximum absolute atomic E-state index is 12.2. The summed E-state index contributed by atoms with van der Waals surface area (Å²) >= 11 is 1.58. The largest absolute Gasteiger partial charge is 0.345 e. The third-order valence-electron chi connectivity index (χ3n) is 4.06. The molecule has 0 bridgehead atoms. The quantitative estimate of drug-likeness (QED) is 0.885. The topological polar surface area (TPSA) is 62.3 Å². The average molecular weight is 279 g/mol. The Balaban J connectivity index is 1.90. The van der Waals surface area contributed by atoms with E-state index >= 15 is 0 Å². The number of thiazole rings is 1. The van der Waals surface area contributed by atoms with Crippen molar-refractivity contribution in [2.75, 3.05) is 6.54 Å². The van der Waals surface area contributed by atoms with Crippen LogP contribution in [0, 0.1) is 6.92 Å². The summed E-state index contributed by atoms with van der Waals surface area (Å²) in [6.07, 6.45) is 3.56. The predicted molar refractivity (Wildman–Crippen MR) is 71.6 cm³/mol. The van der Waals surface area contributed by atoms with Gasteiger partial charge in [0, 0.05) is 5.38 Å². The fourth-order valence-corrected chi connectivity index (χ4v) is 3.72. The van der Waals surface area contributed by atoms with Gasteiger partial charge in [-0.1, -0.05) is 12.8 Å². The molecule has 2 aliphatic rings. The van der Waals surface area contributed by atoms with E-state index in [1.54, 1.807) is 16.2 Å². The van der Waals surface area contributed by atoms with Gasteiger partial charge in [-0.25, -0.2) is 4.98 Å². The van der Waals surface area contributed by atoms with Gasteiger partial charge in [0.05, 0.1) is 23.8 Å². The van der Waals surface area contributed by atoms with Crippen LogP contribution in [-0.2, 0) is 16.1 Å². The molecule has 1 saturated heterocycles. The van der Waals surface area contributed by atoms with Crippen molar-refractivity contribution in [2.24, 2.45) is 0 Å². The fourth-order valence-electron chi connectivity index (χ4n) is 3.12. The average Bonchev–Trinajstić information content (AvgIpc) is 3.01. The van der Waals surface area contributed by atoms with Crippen LogP contribution in [0.1, 0.15) is 36.4 Å². The Bertz CT molecular complexity index is 520. The van der Waals surface area contributed by atoms with Crippen LogP contribution in [0.3, 0.4) is 0 Å². The first-order valence-electron chi connectivity index (χ1n) is 6.62. The van der Waals surface area contributed by atoms with Gasteiger partial charge >= 0.3 is 0 Å². The molecule has 1 N–H and O–H groups in total. The summed E-state index contributed by atoms with van der Waals surface area (Å²) in [6, 6.07) is 0. The molecule has 1 aromatic heterocycles. The number of hydrogen-bond donors (Lipinski definition) is 1. The van der Waals surface area contributed by atoms with Crippen molar-refractivity contribution in [3.63, 3.8) is 0 Å². The van der Waals surface area contributed by atoms with Crippen molar-refractivity contribution in [1.82, 2.24) is 15.2 Å². The molecule has 2 amide bonds. The minimum atomic E-state index is -0.618. The van der Waals surface area contributed by atoms with Gasteiger partial charge < -0.3 is 10.2 Å². The monoisotopic (exact) mass is 279 g/mol. The molecule has 19 heavy (non-hydrogen) atoms. The van der Waals surface area contributed by atoms with Crippen LogP contribution in [0.2, 0.25) is 0 Å². The Labute approximate surface area is 116 Å². The van der Waals surface area contributed by atoms with Gasteiger partial charge in [-0.15, -0.1) is 11.3 Å². The second kappa shape index (κ2) is 4.59. The lowest BCUT2D eigenvalue weighted by Crippen LogP contribution is -2.65. The van der Waals surface area contributed by atoms with E-state index < -0.39 is 5.54 Å². The van der Waals surface area contributed by atoms with E-state index in [0.717, 1.165) is 36.4 Å². The molecule has 0 atom stereocenters. The molecule has 102 valence electrons. The summed E-state index contributed by atoms with van der Waals surface area (Å²) in [5.41, 5.74) is 0.268. The van der Waals surface area contributed by atoms with Crippen molar-refractivity contribution in [3.05, 3.63) is 16.1 Å². The molecule has 0 radical (unpaired) electrons. The summed E-state index contributed by atoms with van der Waals surface area (Å²) < 4.78 is 0. The first kappa shape index (κ1) is 12.6. The molecule has 1 aliphatic heterocycles. The molecule has 6 heteroatoms. The zero-order chi connectivity index (χ0) is 13.5. The molecule has 0 unspecified atom stereocenters. The lowest BCUT2D eigenvalue weighted by molar-refractivity contribution is -0.154. The Morgan fingerprint density at radius 1 is 1.42 bits per heavy atom. The van der Waals surface area contributed by atoms with Crippen LogP contribution in [0.4, 0.5) is 0 Å². The number of nitrogens with one attached hydrogen (secondary N) is 1. The van der Waals surface area contributed by atoms with Gasteiger partial charge in [0.25, 0.3) is 0 Å². The molecule has 5 nitrogen and oxygen atoms in total. The Morgan fingerprint density at radius 3 is 2.79 bits per heavy atom. The highest BCUT2D eigenvalue weighted by Crippen LogP contribution is 2.38. The minimum Gasteiger partial charge on any atom is -0.345 e. The van der Waals surface area contributed by atoms with Gasteiger partial charge in [0.2, 0.25) is 11.8 Å². The van der Waals surface area contributed by atoms with Crippen molar-refractivity contribution < 1.29 is 9.59 Å². The Hall–Kier alpha value is -1.43. The zero-order valence-electron chi connectivity index (χ0n) is 10.9. The van der Waals surface area contributed by atoms with E-state index in [4.69, 9.17) is 0 Å². The maximum Gasteiger partial charge on any atom is 0.246 e. The molecule has 2 fully saturated rings. The van der Waals surface area contributed by atoms with E-state index in [1.807, 2.05) is 12.3 Å². The first-order valence-corrected chi connectivity index (χ1v) is 7.49. The number of carbonyl (C=O) groups is 2. The number of carbonyl (C=O) groups excluding carboxylic acids is 2. The normalized spacial score (nSPS) is 22.1. The number of piperazine rings is 1. The number of aromatic nitrogens is 1. The number of hydrogen-bond acceptors (Lipinski definition) is 4. The summed E-state index contributed by atoms with van der Waals surface area (Å²) in [4.78, 5) is 30.6. The van der Waals surface area contributed by atoms with Crippen molar-refractivity contribution in [3.8, 4) is 0 Å². The maximum atomic E-state index is 12.2. The number of rotatable bonds is 2. The number of aryl methyl sites for hydroxylation is 1. The minimum absolute atomic E-state index is 0.00662. The summed E-state index contributed by atoms with van der Waals surface area (Å²) in [5, 5.41) is 5.70. The van der Waals surface area contributed by atoms with Gasteiger partial charge in [-0.2, -0.15) is 0 Å². The Kier molecular flexibility index (Phi) is 3.05. The number of amides is 2. The molecule has 3 rings (SSSR count). The smallest absolute Gasteiger partial charge is 0.246 e. The molecular weight excluding hydrogens is 262 g/mol. The summed E-state index contributed by atoms with van der Waals surface area (Å²) in [7, 11) is 0. The summed E-state index contributed by atoms with van der Waals surface area (Å²) in [6.45, 7) is 2.52. The highest BCUT2D eigenvalue weighted by atomic mass is 32.1. The van der Waals surface area contributed by atoms with Gasteiger partial charge in [-0.05, 0) is 19.8 Å². The third kappa shape index (κ3) is 2.04. The molecule has 1 aromatic rings. The Morgan fingerprint density at radius 2 is 2.16 bits per heavy atom. The summed E-state index contributed by atoms with van der Waals surface area (Å²) in [5.74, 6) is 0.0173. The molecule has 0 aromatic carbocycles. The molecule has 2 heterocycles. The second-order valence-corrected chi connectivity index (χ2v) is 6.32. The lowest BCUT2D eigenvalue weighted by atomic mass is 9.91. The predicted octanol–water partition coefficient (Wildman–Crippen LogP) is 1.22. The van der Waals surface area contributed by atoms with E-state index in [1.165, 1.54) is 0 Å². The SMILES string of the molecule is Cc1nc(CN2C(=O)CNC(=O)C23CCCC3)cs1. The third-order valence-corrected chi connectivity index (χ3v) is 4.88. The van der Waals surface area contributed by atoms with Crippen LogP contribution in [0.25, 0.3) is 0 Å². The standard InChI is InChI=1S/C13H17N3O2S/c1-9-15-10(8-19-9)7-16-11(17)6-14-12(18)13(16)4-2-3-5-13/h8H,2-7H2,1H3,(H,14,18). The van der Waals surface area contributed by atoms with Gasteiger partial charge in [-0.3, -0.25) is 9.59 Å². The van der Waals surface area contributed by atoms with Crippen LogP contribution >= 0.6 is 11.3 Å². The van der Waals surface area contributed by atoms with E-state index in [9.17, 15) is 9.59 Å². The van der Waals surface area contributed by atoms with E-state index in [2.05, 4.69) is 10.3 Å².